The maximum absolute atomic E-state index is 5.76. The number of nitrogens with zero attached hydrogens (tertiary/aromatic N) is 2. The van der Waals surface area contributed by atoms with Gasteiger partial charge >= 0.3 is 0 Å². The Kier molecular flexibility index (Phi) is 5.95. The summed E-state index contributed by atoms with van der Waals surface area (Å²) < 4.78 is 11.5. The zero-order chi connectivity index (χ0) is 20.1. The van der Waals surface area contributed by atoms with E-state index < -0.39 is 0 Å². The van der Waals surface area contributed by atoms with Gasteiger partial charge in [0.15, 0.2) is 17.5 Å². The van der Waals surface area contributed by atoms with Crippen molar-refractivity contribution in [3.63, 3.8) is 0 Å². The number of rotatable bonds is 4. The van der Waals surface area contributed by atoms with Gasteiger partial charge in [-0.15, -0.1) is 11.3 Å². The summed E-state index contributed by atoms with van der Waals surface area (Å²) in [6.07, 6.45) is 0.889. The lowest BCUT2D eigenvalue weighted by Gasteiger charge is -2.13. The Morgan fingerprint density at radius 3 is 2.69 bits per heavy atom. The summed E-state index contributed by atoms with van der Waals surface area (Å²) in [6, 6.07) is 16.1. The summed E-state index contributed by atoms with van der Waals surface area (Å²) >= 11 is 1.70. The van der Waals surface area contributed by atoms with E-state index in [0.717, 1.165) is 39.9 Å². The van der Waals surface area contributed by atoms with E-state index >= 15 is 0 Å². The zero-order valence-corrected chi connectivity index (χ0v) is 17.4. The summed E-state index contributed by atoms with van der Waals surface area (Å²) in [5.74, 6) is 2.23. The molecule has 2 aromatic carbocycles. The average molecular weight is 409 g/mol. The SMILES string of the molecule is CN=C(NCc1sc(-c2ccccc2)nc1C)Nc1ccc2c(c1)OCCCO2. The molecule has 29 heavy (non-hydrogen) atoms. The number of aromatic nitrogens is 1. The van der Waals surface area contributed by atoms with Crippen molar-refractivity contribution in [1.82, 2.24) is 10.3 Å². The molecule has 2 heterocycles. The Hall–Kier alpha value is -3.06. The van der Waals surface area contributed by atoms with E-state index in [2.05, 4.69) is 27.8 Å². The van der Waals surface area contributed by atoms with Gasteiger partial charge in [0.25, 0.3) is 0 Å². The number of hydrogen-bond donors (Lipinski definition) is 2. The van der Waals surface area contributed by atoms with Crippen LogP contribution in [0.4, 0.5) is 5.69 Å². The van der Waals surface area contributed by atoms with Crippen molar-refractivity contribution in [3.05, 3.63) is 59.1 Å². The molecule has 0 saturated carbocycles. The summed E-state index contributed by atoms with van der Waals surface area (Å²) in [4.78, 5) is 10.2. The largest absolute Gasteiger partial charge is 0.490 e. The van der Waals surface area contributed by atoms with Gasteiger partial charge in [0.2, 0.25) is 0 Å². The molecule has 1 aliphatic heterocycles. The molecule has 150 valence electrons. The minimum absolute atomic E-state index is 0.653. The smallest absolute Gasteiger partial charge is 0.195 e. The van der Waals surface area contributed by atoms with Crippen molar-refractivity contribution in [1.29, 1.82) is 0 Å². The van der Waals surface area contributed by atoms with E-state index in [9.17, 15) is 0 Å². The van der Waals surface area contributed by atoms with Crippen LogP contribution >= 0.6 is 11.3 Å². The van der Waals surface area contributed by atoms with Gasteiger partial charge < -0.3 is 20.1 Å². The minimum atomic E-state index is 0.653. The maximum Gasteiger partial charge on any atom is 0.195 e. The van der Waals surface area contributed by atoms with E-state index in [1.54, 1.807) is 18.4 Å². The van der Waals surface area contributed by atoms with Crippen LogP contribution in [0.3, 0.4) is 0 Å². The van der Waals surface area contributed by atoms with Crippen LogP contribution in [0.5, 0.6) is 11.5 Å². The predicted octanol–water partition coefficient (Wildman–Crippen LogP) is 4.47. The van der Waals surface area contributed by atoms with Gasteiger partial charge in [0.05, 0.1) is 25.5 Å². The number of guanidine groups is 1. The molecule has 0 fully saturated rings. The molecule has 0 spiro atoms. The fourth-order valence-electron chi connectivity index (χ4n) is 3.02. The lowest BCUT2D eigenvalue weighted by atomic mass is 10.2. The predicted molar refractivity (Wildman–Crippen MR) is 118 cm³/mol. The van der Waals surface area contributed by atoms with Crippen LogP contribution in [-0.4, -0.2) is 31.2 Å². The van der Waals surface area contributed by atoms with Crippen molar-refractivity contribution in [3.8, 4) is 22.1 Å². The number of anilines is 1. The topological polar surface area (TPSA) is 67.8 Å². The first-order valence-corrected chi connectivity index (χ1v) is 10.4. The van der Waals surface area contributed by atoms with Crippen LogP contribution < -0.4 is 20.1 Å². The van der Waals surface area contributed by atoms with Gasteiger partial charge in [0, 0.05) is 35.7 Å². The second-order valence-electron chi connectivity index (χ2n) is 6.66. The normalized spacial score (nSPS) is 13.7. The number of fused-ring (bicyclic) bond motifs is 1. The summed E-state index contributed by atoms with van der Waals surface area (Å²) in [6.45, 7) is 4.04. The highest BCUT2D eigenvalue weighted by Gasteiger charge is 2.13. The van der Waals surface area contributed by atoms with E-state index in [1.807, 2.05) is 43.3 Å². The van der Waals surface area contributed by atoms with Crippen LogP contribution in [0.15, 0.2) is 53.5 Å². The first-order valence-electron chi connectivity index (χ1n) is 9.62. The van der Waals surface area contributed by atoms with Gasteiger partial charge in [-0.25, -0.2) is 4.98 Å². The van der Waals surface area contributed by atoms with Crippen LogP contribution in [0, 0.1) is 6.92 Å². The van der Waals surface area contributed by atoms with Crippen molar-refractivity contribution >= 4 is 23.0 Å². The van der Waals surface area contributed by atoms with E-state index in [4.69, 9.17) is 14.5 Å². The highest BCUT2D eigenvalue weighted by atomic mass is 32.1. The number of ether oxygens (including phenoxy) is 2. The number of nitrogens with one attached hydrogen (secondary N) is 2. The number of aliphatic imine (C=N–C) groups is 1. The highest BCUT2D eigenvalue weighted by molar-refractivity contribution is 7.15. The second-order valence-corrected chi connectivity index (χ2v) is 7.74. The van der Waals surface area contributed by atoms with Gasteiger partial charge in [-0.2, -0.15) is 0 Å². The van der Waals surface area contributed by atoms with E-state index in [1.165, 1.54) is 4.88 Å². The molecule has 3 aromatic rings. The first-order chi connectivity index (χ1) is 14.2. The molecule has 2 N–H and O–H groups in total. The van der Waals surface area contributed by atoms with Crippen LogP contribution in [0.2, 0.25) is 0 Å². The Bertz CT molecular complexity index is 1000. The summed E-state index contributed by atoms with van der Waals surface area (Å²) in [5.41, 5.74) is 3.07. The van der Waals surface area contributed by atoms with E-state index in [-0.39, 0.29) is 0 Å². The highest BCUT2D eigenvalue weighted by Crippen LogP contribution is 2.32. The molecule has 0 unspecified atom stereocenters. The fraction of sp³-hybridized carbons (Fsp3) is 0.273. The monoisotopic (exact) mass is 408 g/mol. The summed E-state index contributed by atoms with van der Waals surface area (Å²) in [7, 11) is 1.76. The number of benzene rings is 2. The molecule has 1 aliphatic rings. The maximum atomic E-state index is 5.76. The van der Waals surface area contributed by atoms with Gasteiger partial charge in [-0.05, 0) is 19.1 Å². The Morgan fingerprint density at radius 2 is 1.90 bits per heavy atom. The number of hydrogen-bond acceptors (Lipinski definition) is 5. The molecule has 0 radical (unpaired) electrons. The van der Waals surface area contributed by atoms with Crippen LogP contribution in [0.1, 0.15) is 17.0 Å². The lowest BCUT2D eigenvalue weighted by molar-refractivity contribution is 0.297. The molecule has 7 heteroatoms. The van der Waals surface area contributed by atoms with Crippen molar-refractivity contribution < 1.29 is 9.47 Å². The fourth-order valence-corrected chi connectivity index (χ4v) is 4.02. The minimum Gasteiger partial charge on any atom is -0.490 e. The third-order valence-electron chi connectivity index (χ3n) is 4.56. The third-order valence-corrected chi connectivity index (χ3v) is 5.77. The molecular weight excluding hydrogens is 384 g/mol. The first kappa shape index (κ1) is 19.3. The Morgan fingerprint density at radius 1 is 1.10 bits per heavy atom. The Labute approximate surface area is 174 Å². The molecule has 0 saturated heterocycles. The van der Waals surface area contributed by atoms with Gasteiger partial charge in [-0.1, -0.05) is 30.3 Å². The molecule has 4 rings (SSSR count). The van der Waals surface area contributed by atoms with E-state index in [0.29, 0.717) is 25.7 Å². The molecule has 1 aromatic heterocycles. The molecule has 0 aliphatic carbocycles. The summed E-state index contributed by atoms with van der Waals surface area (Å²) in [5, 5.41) is 7.72. The standard InChI is InChI=1S/C22H24N4O2S/c1-15-20(29-21(25-15)16-7-4-3-5-8-16)14-24-22(23-2)26-17-9-10-18-19(13-17)28-12-6-11-27-18/h3-5,7-10,13H,6,11-12,14H2,1-2H3,(H2,23,24,26). The third kappa shape index (κ3) is 4.68. The zero-order valence-electron chi connectivity index (χ0n) is 16.6. The van der Waals surface area contributed by atoms with Crippen molar-refractivity contribution in [2.45, 2.75) is 19.9 Å². The van der Waals surface area contributed by atoms with Gasteiger partial charge in [0.1, 0.15) is 5.01 Å². The van der Waals surface area contributed by atoms with Crippen LogP contribution in [0.25, 0.3) is 10.6 Å². The molecular formula is C22H24N4O2S. The molecule has 0 bridgehead atoms. The van der Waals surface area contributed by atoms with Crippen LogP contribution in [-0.2, 0) is 6.54 Å². The lowest BCUT2D eigenvalue weighted by Crippen LogP contribution is -2.30. The van der Waals surface area contributed by atoms with Crippen molar-refractivity contribution in [2.24, 2.45) is 4.99 Å². The quantitative estimate of drug-likeness (QED) is 0.493. The molecule has 6 nitrogen and oxygen atoms in total. The second kappa shape index (κ2) is 8.96. The van der Waals surface area contributed by atoms with Gasteiger partial charge in [-0.3, -0.25) is 4.99 Å². The molecule has 0 amide bonds. The Balaban J connectivity index is 1.42. The average Bonchev–Trinajstić information content (AvgIpc) is 2.97. The number of thiazole rings is 1. The van der Waals surface area contributed by atoms with Crippen molar-refractivity contribution in [2.75, 3.05) is 25.6 Å². The number of aryl methyl sites for hydroxylation is 1. The molecule has 0 atom stereocenters.